The van der Waals surface area contributed by atoms with E-state index >= 15 is 0 Å². The predicted molar refractivity (Wildman–Crippen MR) is 71.2 cm³/mol. The van der Waals surface area contributed by atoms with Gasteiger partial charge < -0.3 is 15.5 Å². The van der Waals surface area contributed by atoms with Gasteiger partial charge >= 0.3 is 0 Å². The number of hydrogen-bond acceptors (Lipinski definition) is 4. The highest BCUT2D eigenvalue weighted by Gasteiger charge is 2.12. The van der Waals surface area contributed by atoms with Crippen LogP contribution in [0.1, 0.15) is 6.92 Å². The highest BCUT2D eigenvalue weighted by atomic mass is 15.2. The summed E-state index contributed by atoms with van der Waals surface area (Å²) >= 11 is 0. The second-order valence-electron chi connectivity index (χ2n) is 4.78. The molecule has 17 heavy (non-hydrogen) atoms. The molecule has 1 aliphatic heterocycles. The fourth-order valence-electron chi connectivity index (χ4n) is 2.16. The molecular formula is C13H22N4. The molecule has 2 rings (SSSR count). The van der Waals surface area contributed by atoms with Crippen molar-refractivity contribution in [3.8, 4) is 0 Å². The highest BCUT2D eigenvalue weighted by molar-refractivity contribution is 5.39. The van der Waals surface area contributed by atoms with Gasteiger partial charge in [0.15, 0.2) is 0 Å². The molecule has 0 bridgehead atoms. The van der Waals surface area contributed by atoms with E-state index in [-0.39, 0.29) is 0 Å². The van der Waals surface area contributed by atoms with Gasteiger partial charge in [-0.1, -0.05) is 6.92 Å². The van der Waals surface area contributed by atoms with Crippen LogP contribution in [0.3, 0.4) is 0 Å². The van der Waals surface area contributed by atoms with Crippen molar-refractivity contribution in [2.24, 2.45) is 5.92 Å². The summed E-state index contributed by atoms with van der Waals surface area (Å²) in [5.41, 5.74) is 1.11. The van der Waals surface area contributed by atoms with Crippen LogP contribution >= 0.6 is 0 Å². The molecule has 1 unspecified atom stereocenters. The average molecular weight is 234 g/mol. The fourth-order valence-corrected chi connectivity index (χ4v) is 2.16. The van der Waals surface area contributed by atoms with Gasteiger partial charge in [-0.3, -0.25) is 4.98 Å². The lowest BCUT2D eigenvalue weighted by Gasteiger charge is -2.29. The van der Waals surface area contributed by atoms with E-state index in [4.69, 9.17) is 0 Å². The number of nitrogens with zero attached hydrogens (tertiary/aromatic N) is 2. The van der Waals surface area contributed by atoms with Crippen molar-refractivity contribution < 1.29 is 0 Å². The Hall–Kier alpha value is -1.13. The average Bonchev–Trinajstić information content (AvgIpc) is 2.39. The second kappa shape index (κ2) is 6.57. The van der Waals surface area contributed by atoms with Crippen molar-refractivity contribution >= 4 is 5.69 Å². The van der Waals surface area contributed by atoms with E-state index in [0.717, 1.165) is 25.3 Å². The predicted octanol–water partition coefficient (Wildman–Crippen LogP) is 1.03. The first kappa shape index (κ1) is 12.3. The lowest BCUT2D eigenvalue weighted by Crippen LogP contribution is -2.45. The molecule has 0 aliphatic carbocycles. The topological polar surface area (TPSA) is 40.2 Å². The molecule has 4 nitrogen and oxygen atoms in total. The van der Waals surface area contributed by atoms with E-state index in [0.29, 0.717) is 5.92 Å². The summed E-state index contributed by atoms with van der Waals surface area (Å²) in [6.07, 6.45) is 3.67. The quantitative estimate of drug-likeness (QED) is 0.798. The molecule has 0 radical (unpaired) electrons. The minimum Gasteiger partial charge on any atom is -0.383 e. The zero-order valence-electron chi connectivity index (χ0n) is 10.5. The zero-order valence-corrected chi connectivity index (χ0v) is 10.5. The molecular weight excluding hydrogens is 212 g/mol. The molecule has 0 spiro atoms. The number of hydrogen-bond donors (Lipinski definition) is 2. The zero-order chi connectivity index (χ0) is 11.9. The maximum Gasteiger partial charge on any atom is 0.0526 e. The van der Waals surface area contributed by atoms with Crippen molar-refractivity contribution in [1.82, 2.24) is 15.2 Å². The molecule has 1 atom stereocenters. The summed E-state index contributed by atoms with van der Waals surface area (Å²) in [5.74, 6) is 0.660. The van der Waals surface area contributed by atoms with Crippen LogP contribution in [-0.2, 0) is 0 Å². The number of rotatable bonds is 5. The molecule has 1 saturated heterocycles. The van der Waals surface area contributed by atoms with Gasteiger partial charge in [0.2, 0.25) is 0 Å². The number of piperazine rings is 1. The molecule has 1 aromatic heterocycles. The summed E-state index contributed by atoms with van der Waals surface area (Å²) in [4.78, 5) is 6.63. The smallest absolute Gasteiger partial charge is 0.0526 e. The van der Waals surface area contributed by atoms with Gasteiger partial charge in [0.25, 0.3) is 0 Å². The van der Waals surface area contributed by atoms with Crippen LogP contribution in [0.2, 0.25) is 0 Å². The van der Waals surface area contributed by atoms with Gasteiger partial charge in [0.05, 0.1) is 5.69 Å². The summed E-state index contributed by atoms with van der Waals surface area (Å²) in [7, 11) is 0. The SMILES string of the molecule is CC(CNc1cccnc1)CN1CCNCC1. The Morgan fingerprint density at radius 3 is 3.00 bits per heavy atom. The van der Waals surface area contributed by atoms with Crippen molar-refractivity contribution in [3.05, 3.63) is 24.5 Å². The van der Waals surface area contributed by atoms with Crippen molar-refractivity contribution in [3.63, 3.8) is 0 Å². The van der Waals surface area contributed by atoms with Gasteiger partial charge in [0.1, 0.15) is 0 Å². The van der Waals surface area contributed by atoms with Crippen LogP contribution in [0, 0.1) is 5.92 Å². The van der Waals surface area contributed by atoms with Gasteiger partial charge in [-0.25, -0.2) is 0 Å². The first-order valence-electron chi connectivity index (χ1n) is 6.41. The largest absolute Gasteiger partial charge is 0.383 e. The Morgan fingerprint density at radius 2 is 2.29 bits per heavy atom. The molecule has 1 aliphatic rings. The maximum absolute atomic E-state index is 4.10. The maximum atomic E-state index is 4.10. The normalized spacial score (nSPS) is 18.9. The van der Waals surface area contributed by atoms with Gasteiger partial charge in [-0.05, 0) is 18.1 Å². The van der Waals surface area contributed by atoms with Crippen molar-refractivity contribution in [2.75, 3.05) is 44.6 Å². The molecule has 0 aromatic carbocycles. The van der Waals surface area contributed by atoms with Crippen LogP contribution in [-0.4, -0.2) is 49.2 Å². The number of anilines is 1. The lowest BCUT2D eigenvalue weighted by molar-refractivity contribution is 0.215. The van der Waals surface area contributed by atoms with Crippen molar-refractivity contribution in [2.45, 2.75) is 6.92 Å². The van der Waals surface area contributed by atoms with E-state index in [1.165, 1.54) is 19.6 Å². The Bertz CT molecular complexity index is 308. The van der Waals surface area contributed by atoms with E-state index in [1.54, 1.807) is 6.20 Å². The van der Waals surface area contributed by atoms with Crippen LogP contribution in [0.15, 0.2) is 24.5 Å². The van der Waals surface area contributed by atoms with E-state index in [2.05, 4.69) is 33.5 Å². The van der Waals surface area contributed by atoms with Crippen LogP contribution in [0.4, 0.5) is 5.69 Å². The number of nitrogens with one attached hydrogen (secondary N) is 2. The summed E-state index contributed by atoms with van der Waals surface area (Å²) in [6.45, 7) is 9.09. The standard InChI is InChI=1S/C13H22N4/c1-12(11-17-7-5-14-6-8-17)9-16-13-3-2-4-15-10-13/h2-4,10,12,14,16H,5-9,11H2,1H3. The third-order valence-corrected chi connectivity index (χ3v) is 3.10. The minimum atomic E-state index is 0.660. The van der Waals surface area contributed by atoms with E-state index in [9.17, 15) is 0 Å². The van der Waals surface area contributed by atoms with Gasteiger partial charge in [0, 0.05) is 51.7 Å². The van der Waals surface area contributed by atoms with Crippen LogP contribution < -0.4 is 10.6 Å². The molecule has 1 aromatic rings. The number of pyridine rings is 1. The van der Waals surface area contributed by atoms with Gasteiger partial charge in [-0.2, -0.15) is 0 Å². The van der Waals surface area contributed by atoms with E-state index < -0.39 is 0 Å². The molecule has 0 amide bonds. The minimum absolute atomic E-state index is 0.660. The van der Waals surface area contributed by atoms with E-state index in [1.807, 2.05) is 12.3 Å². The Morgan fingerprint density at radius 1 is 1.47 bits per heavy atom. The third kappa shape index (κ3) is 4.32. The Balaban J connectivity index is 1.68. The molecule has 94 valence electrons. The third-order valence-electron chi connectivity index (χ3n) is 3.10. The van der Waals surface area contributed by atoms with Crippen molar-refractivity contribution in [1.29, 1.82) is 0 Å². The Kier molecular flexibility index (Phi) is 4.76. The fraction of sp³-hybridized carbons (Fsp3) is 0.615. The molecule has 2 N–H and O–H groups in total. The Labute approximate surface area is 103 Å². The summed E-state index contributed by atoms with van der Waals surface area (Å²) in [6, 6.07) is 4.02. The highest BCUT2D eigenvalue weighted by Crippen LogP contribution is 2.06. The molecule has 1 fully saturated rings. The van der Waals surface area contributed by atoms with Crippen LogP contribution in [0.25, 0.3) is 0 Å². The lowest BCUT2D eigenvalue weighted by atomic mass is 10.1. The molecule has 2 heterocycles. The number of aromatic nitrogens is 1. The summed E-state index contributed by atoms with van der Waals surface area (Å²) in [5, 5.41) is 6.81. The first-order valence-corrected chi connectivity index (χ1v) is 6.41. The monoisotopic (exact) mass is 234 g/mol. The first-order chi connectivity index (χ1) is 8.34. The molecule has 0 saturated carbocycles. The summed E-state index contributed by atoms with van der Waals surface area (Å²) < 4.78 is 0. The molecule has 4 heteroatoms. The second-order valence-corrected chi connectivity index (χ2v) is 4.78. The van der Waals surface area contributed by atoms with Gasteiger partial charge in [-0.15, -0.1) is 0 Å². The van der Waals surface area contributed by atoms with Crippen LogP contribution in [0.5, 0.6) is 0 Å².